The number of rotatable bonds is 2. The fourth-order valence-electron chi connectivity index (χ4n) is 2.97. The number of halogens is 3. The lowest BCUT2D eigenvalue weighted by molar-refractivity contribution is -0.170. The van der Waals surface area contributed by atoms with Gasteiger partial charge in [-0.25, -0.2) is 0 Å². The van der Waals surface area contributed by atoms with Crippen molar-refractivity contribution in [3.05, 3.63) is 36.4 Å². The SMILES string of the molecule is Nc1cccc2c(NC(=O)C3CCC(C(F)(F)F)NC3=O)cccc12. The van der Waals surface area contributed by atoms with Crippen molar-refractivity contribution >= 4 is 34.0 Å². The lowest BCUT2D eigenvalue weighted by atomic mass is 9.92. The van der Waals surface area contributed by atoms with Gasteiger partial charge in [0.05, 0.1) is 0 Å². The summed E-state index contributed by atoms with van der Waals surface area (Å²) in [5.74, 6) is -2.70. The van der Waals surface area contributed by atoms with Crippen molar-refractivity contribution in [3.63, 3.8) is 0 Å². The van der Waals surface area contributed by atoms with Gasteiger partial charge in [-0.1, -0.05) is 24.3 Å². The van der Waals surface area contributed by atoms with E-state index in [9.17, 15) is 22.8 Å². The molecule has 0 saturated carbocycles. The first kappa shape index (κ1) is 17.1. The number of piperidine rings is 1. The number of nitrogens with one attached hydrogen (secondary N) is 2. The van der Waals surface area contributed by atoms with Crippen LogP contribution in [0.3, 0.4) is 0 Å². The first-order valence-corrected chi connectivity index (χ1v) is 7.72. The van der Waals surface area contributed by atoms with E-state index in [1.807, 2.05) is 5.32 Å². The molecule has 3 rings (SSSR count). The lowest BCUT2D eigenvalue weighted by Crippen LogP contribution is -2.53. The average molecular weight is 351 g/mol. The minimum Gasteiger partial charge on any atom is -0.398 e. The van der Waals surface area contributed by atoms with Crippen molar-refractivity contribution in [2.24, 2.45) is 5.92 Å². The van der Waals surface area contributed by atoms with Crippen LogP contribution in [0, 0.1) is 5.92 Å². The summed E-state index contributed by atoms with van der Waals surface area (Å²) in [5.41, 5.74) is 6.89. The summed E-state index contributed by atoms with van der Waals surface area (Å²) < 4.78 is 38.0. The van der Waals surface area contributed by atoms with E-state index in [0.29, 0.717) is 16.8 Å². The van der Waals surface area contributed by atoms with Crippen LogP contribution in [0.2, 0.25) is 0 Å². The van der Waals surface area contributed by atoms with Gasteiger partial charge in [0.2, 0.25) is 11.8 Å². The van der Waals surface area contributed by atoms with Gasteiger partial charge in [-0.2, -0.15) is 13.2 Å². The molecule has 8 heteroatoms. The second-order valence-corrected chi connectivity index (χ2v) is 5.97. The minimum atomic E-state index is -4.51. The number of hydrogen-bond donors (Lipinski definition) is 3. The highest BCUT2D eigenvalue weighted by molar-refractivity contribution is 6.11. The zero-order chi connectivity index (χ0) is 18.2. The Hall–Kier alpha value is -2.77. The number of anilines is 2. The van der Waals surface area contributed by atoms with E-state index in [1.54, 1.807) is 36.4 Å². The second-order valence-electron chi connectivity index (χ2n) is 5.97. The zero-order valence-electron chi connectivity index (χ0n) is 13.1. The van der Waals surface area contributed by atoms with Gasteiger partial charge in [0.25, 0.3) is 0 Å². The smallest absolute Gasteiger partial charge is 0.398 e. The number of carbonyl (C=O) groups is 2. The zero-order valence-corrected chi connectivity index (χ0v) is 13.1. The van der Waals surface area contributed by atoms with E-state index in [2.05, 4.69) is 5.32 Å². The van der Waals surface area contributed by atoms with Crippen molar-refractivity contribution in [1.82, 2.24) is 5.32 Å². The third-order valence-corrected chi connectivity index (χ3v) is 4.30. The van der Waals surface area contributed by atoms with E-state index >= 15 is 0 Å². The number of amides is 2. The molecule has 0 spiro atoms. The van der Waals surface area contributed by atoms with E-state index < -0.39 is 30.0 Å². The molecule has 1 fully saturated rings. The number of alkyl halides is 3. The number of hydrogen-bond acceptors (Lipinski definition) is 3. The van der Waals surface area contributed by atoms with Crippen LogP contribution in [0.1, 0.15) is 12.8 Å². The fraction of sp³-hybridized carbons (Fsp3) is 0.294. The summed E-state index contributed by atoms with van der Waals surface area (Å²) in [4.78, 5) is 24.3. The van der Waals surface area contributed by atoms with Crippen LogP contribution in [0.4, 0.5) is 24.5 Å². The number of nitrogens with two attached hydrogens (primary N) is 1. The van der Waals surface area contributed by atoms with E-state index in [0.717, 1.165) is 5.39 Å². The first-order valence-electron chi connectivity index (χ1n) is 7.72. The van der Waals surface area contributed by atoms with Crippen molar-refractivity contribution in [2.75, 3.05) is 11.1 Å². The summed E-state index contributed by atoms with van der Waals surface area (Å²) in [6, 6.07) is 8.47. The highest BCUT2D eigenvalue weighted by Gasteiger charge is 2.45. The Bertz CT molecular complexity index is 835. The van der Waals surface area contributed by atoms with Gasteiger partial charge in [0.1, 0.15) is 12.0 Å². The molecule has 5 nitrogen and oxygen atoms in total. The summed E-state index contributed by atoms with van der Waals surface area (Å²) in [6.07, 6.45) is -4.99. The molecule has 0 aliphatic carbocycles. The monoisotopic (exact) mass is 351 g/mol. The first-order chi connectivity index (χ1) is 11.8. The van der Waals surface area contributed by atoms with E-state index in [4.69, 9.17) is 5.73 Å². The van der Waals surface area contributed by atoms with Crippen LogP contribution in [-0.4, -0.2) is 24.0 Å². The van der Waals surface area contributed by atoms with Crippen LogP contribution in [0.5, 0.6) is 0 Å². The van der Waals surface area contributed by atoms with Crippen LogP contribution < -0.4 is 16.4 Å². The lowest BCUT2D eigenvalue weighted by Gasteiger charge is -2.29. The van der Waals surface area contributed by atoms with Crippen LogP contribution >= 0.6 is 0 Å². The normalized spacial score (nSPS) is 21.0. The molecule has 1 heterocycles. The highest BCUT2D eigenvalue weighted by atomic mass is 19.4. The molecular formula is C17H16F3N3O2. The van der Waals surface area contributed by atoms with Crippen LogP contribution in [0.25, 0.3) is 10.8 Å². The third kappa shape index (κ3) is 3.38. The Morgan fingerprint density at radius 2 is 1.80 bits per heavy atom. The van der Waals surface area contributed by atoms with Gasteiger partial charge in [0, 0.05) is 22.1 Å². The van der Waals surface area contributed by atoms with Gasteiger partial charge < -0.3 is 16.4 Å². The van der Waals surface area contributed by atoms with Crippen LogP contribution in [0.15, 0.2) is 36.4 Å². The molecule has 1 aliphatic rings. The van der Waals surface area contributed by atoms with E-state index in [1.165, 1.54) is 0 Å². The predicted molar refractivity (Wildman–Crippen MR) is 87.7 cm³/mol. The molecule has 0 aromatic heterocycles. The van der Waals surface area contributed by atoms with Gasteiger partial charge in [-0.3, -0.25) is 9.59 Å². The van der Waals surface area contributed by atoms with Crippen molar-refractivity contribution in [3.8, 4) is 0 Å². The molecule has 0 bridgehead atoms. The minimum absolute atomic E-state index is 0.158. The molecule has 2 aromatic rings. The largest absolute Gasteiger partial charge is 0.408 e. The number of fused-ring (bicyclic) bond motifs is 1. The summed E-state index contributed by atoms with van der Waals surface area (Å²) in [5, 5.41) is 5.94. The molecule has 1 saturated heterocycles. The maximum absolute atomic E-state index is 12.7. The Kier molecular flexibility index (Phi) is 4.28. The highest BCUT2D eigenvalue weighted by Crippen LogP contribution is 2.31. The molecule has 4 N–H and O–H groups in total. The summed E-state index contributed by atoms with van der Waals surface area (Å²) in [6.45, 7) is 0. The molecule has 1 aliphatic heterocycles. The summed E-state index contributed by atoms with van der Waals surface area (Å²) in [7, 11) is 0. The summed E-state index contributed by atoms with van der Waals surface area (Å²) >= 11 is 0. The topological polar surface area (TPSA) is 84.2 Å². The maximum Gasteiger partial charge on any atom is 0.408 e. The van der Waals surface area contributed by atoms with Gasteiger partial charge >= 0.3 is 6.18 Å². The number of carbonyl (C=O) groups excluding carboxylic acids is 2. The molecule has 2 atom stereocenters. The van der Waals surface area contributed by atoms with Crippen molar-refractivity contribution in [1.29, 1.82) is 0 Å². The molecule has 2 amide bonds. The third-order valence-electron chi connectivity index (χ3n) is 4.30. The van der Waals surface area contributed by atoms with Gasteiger partial charge in [0.15, 0.2) is 0 Å². The Morgan fingerprint density at radius 1 is 1.12 bits per heavy atom. The molecule has 132 valence electrons. The van der Waals surface area contributed by atoms with E-state index in [-0.39, 0.29) is 12.8 Å². The Labute approximate surface area is 141 Å². The van der Waals surface area contributed by atoms with Gasteiger partial charge in [-0.05, 0) is 25.0 Å². The fourth-order valence-corrected chi connectivity index (χ4v) is 2.97. The molecule has 25 heavy (non-hydrogen) atoms. The molecule has 0 radical (unpaired) electrons. The number of nitrogen functional groups attached to an aromatic ring is 1. The number of benzene rings is 2. The Balaban J connectivity index is 1.78. The average Bonchev–Trinajstić information content (AvgIpc) is 2.55. The van der Waals surface area contributed by atoms with Crippen molar-refractivity contribution in [2.45, 2.75) is 25.1 Å². The van der Waals surface area contributed by atoms with Gasteiger partial charge in [-0.15, -0.1) is 0 Å². The Morgan fingerprint density at radius 3 is 2.48 bits per heavy atom. The molecule has 2 unspecified atom stereocenters. The van der Waals surface area contributed by atoms with Crippen LogP contribution in [-0.2, 0) is 9.59 Å². The predicted octanol–water partition coefficient (Wildman–Crippen LogP) is 2.82. The molecular weight excluding hydrogens is 335 g/mol. The quantitative estimate of drug-likeness (QED) is 0.575. The standard InChI is InChI=1S/C17H16F3N3O2/c18-17(19,20)14-8-7-11(16(25)23-14)15(24)22-13-6-2-3-9-10(13)4-1-5-12(9)21/h1-6,11,14H,7-8,21H2,(H,22,24)(H,23,25). The van der Waals surface area contributed by atoms with Crippen molar-refractivity contribution < 1.29 is 22.8 Å². The maximum atomic E-state index is 12.7. The second kappa shape index (κ2) is 6.27. The molecule has 2 aromatic carbocycles.